The minimum absolute atomic E-state index is 0.283. The third kappa shape index (κ3) is 17.8. The van der Waals surface area contributed by atoms with Crippen LogP contribution in [0.4, 0.5) is 0 Å². The lowest BCUT2D eigenvalue weighted by Gasteiger charge is -2.03. The SMILES string of the molecule is CCCCCCCCCCSOCCCCCC(=O)O. The van der Waals surface area contributed by atoms with E-state index in [2.05, 4.69) is 6.92 Å². The van der Waals surface area contributed by atoms with Crippen LogP contribution in [0.5, 0.6) is 0 Å². The molecule has 0 aliphatic heterocycles. The quantitative estimate of drug-likeness (QED) is 0.305. The van der Waals surface area contributed by atoms with Crippen LogP contribution in [0.25, 0.3) is 0 Å². The van der Waals surface area contributed by atoms with Crippen LogP contribution in [0.3, 0.4) is 0 Å². The zero-order chi connectivity index (χ0) is 14.9. The molecule has 0 heterocycles. The minimum atomic E-state index is -0.699. The molecule has 0 fully saturated rings. The lowest BCUT2D eigenvalue weighted by Crippen LogP contribution is -1.95. The molecule has 0 rings (SSSR count). The van der Waals surface area contributed by atoms with Crippen molar-refractivity contribution in [2.24, 2.45) is 0 Å². The summed E-state index contributed by atoms with van der Waals surface area (Å²) in [5, 5.41) is 8.48. The van der Waals surface area contributed by atoms with Gasteiger partial charge in [0.1, 0.15) is 0 Å². The van der Waals surface area contributed by atoms with Gasteiger partial charge in [0.2, 0.25) is 0 Å². The van der Waals surface area contributed by atoms with E-state index in [0.29, 0.717) is 0 Å². The number of hydrogen-bond donors (Lipinski definition) is 1. The Morgan fingerprint density at radius 3 is 2.15 bits per heavy atom. The number of carboxylic acid groups (broad SMARTS) is 1. The number of aliphatic carboxylic acids is 1. The first-order valence-electron chi connectivity index (χ1n) is 8.23. The Hall–Kier alpha value is -0.220. The molecule has 0 aliphatic rings. The lowest BCUT2D eigenvalue weighted by atomic mass is 10.1. The Labute approximate surface area is 129 Å². The fourth-order valence-electron chi connectivity index (χ4n) is 2.03. The second kappa shape index (κ2) is 16.8. The van der Waals surface area contributed by atoms with Crippen LogP contribution in [-0.2, 0) is 8.98 Å². The van der Waals surface area contributed by atoms with Crippen molar-refractivity contribution in [3.8, 4) is 0 Å². The van der Waals surface area contributed by atoms with E-state index in [1.165, 1.54) is 51.4 Å². The third-order valence-electron chi connectivity index (χ3n) is 3.28. The maximum absolute atomic E-state index is 10.3. The molecule has 4 heteroatoms. The van der Waals surface area contributed by atoms with Crippen molar-refractivity contribution < 1.29 is 14.1 Å². The van der Waals surface area contributed by atoms with Gasteiger partial charge in [0.25, 0.3) is 0 Å². The topological polar surface area (TPSA) is 46.5 Å². The van der Waals surface area contributed by atoms with Crippen LogP contribution in [0.15, 0.2) is 0 Å². The van der Waals surface area contributed by atoms with Crippen molar-refractivity contribution in [2.75, 3.05) is 12.4 Å². The summed E-state index contributed by atoms with van der Waals surface area (Å²) in [7, 11) is 0. The van der Waals surface area contributed by atoms with Crippen molar-refractivity contribution in [2.45, 2.75) is 84.0 Å². The Balaban J connectivity index is 2.94. The van der Waals surface area contributed by atoms with Crippen LogP contribution < -0.4 is 0 Å². The molecule has 0 radical (unpaired) electrons. The molecule has 0 unspecified atom stereocenters. The van der Waals surface area contributed by atoms with E-state index in [4.69, 9.17) is 9.29 Å². The second-order valence-corrected chi connectivity index (χ2v) is 6.20. The fraction of sp³-hybridized carbons (Fsp3) is 0.938. The molecular weight excluding hydrogens is 272 g/mol. The summed E-state index contributed by atoms with van der Waals surface area (Å²) in [5.41, 5.74) is 0. The molecule has 0 amide bonds. The van der Waals surface area contributed by atoms with Crippen LogP contribution in [-0.4, -0.2) is 23.4 Å². The maximum Gasteiger partial charge on any atom is 0.303 e. The molecule has 0 bridgehead atoms. The first-order chi connectivity index (χ1) is 9.77. The van der Waals surface area contributed by atoms with E-state index in [-0.39, 0.29) is 6.42 Å². The fourth-order valence-corrected chi connectivity index (χ4v) is 2.70. The molecule has 0 atom stereocenters. The highest BCUT2D eigenvalue weighted by Gasteiger charge is 1.97. The first-order valence-corrected chi connectivity index (χ1v) is 9.14. The van der Waals surface area contributed by atoms with Crippen LogP contribution in [0, 0.1) is 0 Å². The third-order valence-corrected chi connectivity index (χ3v) is 4.07. The Morgan fingerprint density at radius 2 is 1.50 bits per heavy atom. The average molecular weight is 304 g/mol. The van der Waals surface area contributed by atoms with Gasteiger partial charge in [-0.3, -0.25) is 4.79 Å². The molecule has 3 nitrogen and oxygen atoms in total. The first kappa shape index (κ1) is 19.8. The molecular formula is C16H32O3S. The van der Waals surface area contributed by atoms with E-state index in [1.807, 2.05) is 0 Å². The van der Waals surface area contributed by atoms with Gasteiger partial charge in [0.05, 0.1) is 6.61 Å². The molecule has 0 spiro atoms. The molecule has 20 heavy (non-hydrogen) atoms. The highest BCUT2D eigenvalue weighted by Crippen LogP contribution is 2.12. The minimum Gasteiger partial charge on any atom is -0.481 e. The largest absolute Gasteiger partial charge is 0.481 e. The number of hydrogen-bond acceptors (Lipinski definition) is 3. The number of carbonyl (C=O) groups is 1. The van der Waals surface area contributed by atoms with Crippen molar-refractivity contribution in [1.29, 1.82) is 0 Å². The number of rotatable bonds is 16. The normalized spacial score (nSPS) is 10.8. The van der Waals surface area contributed by atoms with Crippen molar-refractivity contribution >= 4 is 18.0 Å². The van der Waals surface area contributed by atoms with Gasteiger partial charge in [-0.05, 0) is 31.3 Å². The highest BCUT2D eigenvalue weighted by molar-refractivity contribution is 7.94. The molecule has 0 saturated heterocycles. The van der Waals surface area contributed by atoms with Gasteiger partial charge in [-0.15, -0.1) is 0 Å². The van der Waals surface area contributed by atoms with Gasteiger partial charge in [0.15, 0.2) is 0 Å². The van der Waals surface area contributed by atoms with Gasteiger partial charge in [-0.25, -0.2) is 0 Å². The van der Waals surface area contributed by atoms with Crippen LogP contribution in [0.2, 0.25) is 0 Å². The number of carboxylic acids is 1. The second-order valence-electron chi connectivity index (χ2n) is 5.32. The molecule has 0 aromatic heterocycles. The van der Waals surface area contributed by atoms with Crippen molar-refractivity contribution in [3.63, 3.8) is 0 Å². The maximum atomic E-state index is 10.3. The van der Waals surface area contributed by atoms with E-state index in [9.17, 15) is 4.79 Å². The van der Waals surface area contributed by atoms with E-state index >= 15 is 0 Å². The number of unbranched alkanes of at least 4 members (excludes halogenated alkanes) is 9. The summed E-state index contributed by atoms with van der Waals surface area (Å²) in [6.45, 7) is 3.00. The monoisotopic (exact) mass is 304 g/mol. The van der Waals surface area contributed by atoms with Crippen LogP contribution in [0.1, 0.15) is 84.0 Å². The Bertz CT molecular complexity index is 210. The van der Waals surface area contributed by atoms with Crippen molar-refractivity contribution in [1.82, 2.24) is 0 Å². The smallest absolute Gasteiger partial charge is 0.303 e. The van der Waals surface area contributed by atoms with Gasteiger partial charge in [-0.1, -0.05) is 58.3 Å². The van der Waals surface area contributed by atoms with Crippen molar-refractivity contribution in [3.05, 3.63) is 0 Å². The molecule has 0 aliphatic carbocycles. The molecule has 120 valence electrons. The standard InChI is InChI=1S/C16H32O3S/c1-2-3-4-5-6-7-8-12-15-20-19-14-11-9-10-13-16(17)18/h2-15H2,1H3,(H,17,18). The summed E-state index contributed by atoms with van der Waals surface area (Å²) in [6.07, 6.45) is 13.8. The zero-order valence-corrected chi connectivity index (χ0v) is 13.9. The van der Waals surface area contributed by atoms with Gasteiger partial charge >= 0.3 is 5.97 Å². The Kier molecular flexibility index (Phi) is 16.6. The Morgan fingerprint density at radius 1 is 0.900 bits per heavy atom. The molecule has 1 N–H and O–H groups in total. The van der Waals surface area contributed by atoms with E-state index in [0.717, 1.165) is 31.6 Å². The summed E-state index contributed by atoms with van der Waals surface area (Å²) in [4.78, 5) is 10.3. The van der Waals surface area contributed by atoms with E-state index < -0.39 is 5.97 Å². The summed E-state index contributed by atoms with van der Waals surface area (Å²) < 4.78 is 5.47. The highest BCUT2D eigenvalue weighted by atomic mass is 32.2. The van der Waals surface area contributed by atoms with Gasteiger partial charge in [0, 0.05) is 12.2 Å². The zero-order valence-electron chi connectivity index (χ0n) is 13.1. The van der Waals surface area contributed by atoms with Gasteiger partial charge < -0.3 is 9.29 Å². The average Bonchev–Trinajstić information content (AvgIpc) is 2.43. The molecule has 0 aromatic carbocycles. The predicted octanol–water partition coefficient (Wildman–Crippen LogP) is 5.44. The molecule has 0 saturated carbocycles. The van der Waals surface area contributed by atoms with E-state index in [1.54, 1.807) is 12.0 Å². The van der Waals surface area contributed by atoms with Gasteiger partial charge in [-0.2, -0.15) is 0 Å². The molecule has 0 aromatic rings. The van der Waals surface area contributed by atoms with Crippen LogP contribution >= 0.6 is 12.0 Å². The predicted molar refractivity (Wildman–Crippen MR) is 87.1 cm³/mol. The summed E-state index contributed by atoms with van der Waals surface area (Å²) >= 11 is 1.57. The summed E-state index contributed by atoms with van der Waals surface area (Å²) in [5.74, 6) is 0.388. The summed E-state index contributed by atoms with van der Waals surface area (Å²) in [6, 6.07) is 0. The lowest BCUT2D eigenvalue weighted by molar-refractivity contribution is -0.137.